The number of halogens is 7. The van der Waals surface area contributed by atoms with Gasteiger partial charge in [-0.1, -0.05) is 23.6 Å². The number of aryl methyl sites for hydroxylation is 2. The third-order valence-electron chi connectivity index (χ3n) is 8.19. The van der Waals surface area contributed by atoms with Gasteiger partial charge in [0.05, 0.1) is 24.1 Å². The molecule has 1 N–H and O–H groups in total. The second-order valence-corrected chi connectivity index (χ2v) is 11.8. The zero-order valence-corrected chi connectivity index (χ0v) is 25.8. The molecule has 0 bridgehead atoms. The molecular weight excluding hydrogens is 626 g/mol. The predicted molar refractivity (Wildman–Crippen MR) is 157 cm³/mol. The number of hydrogen-bond acceptors (Lipinski definition) is 6. The summed E-state index contributed by atoms with van der Waals surface area (Å²) >= 11 is 6.63. The number of carboxylic acid groups (broad SMARTS) is 1. The van der Waals surface area contributed by atoms with Crippen LogP contribution in [0.2, 0.25) is 5.02 Å². The van der Waals surface area contributed by atoms with Gasteiger partial charge in [0.1, 0.15) is 0 Å². The van der Waals surface area contributed by atoms with Crippen LogP contribution in [0, 0.1) is 11.8 Å². The van der Waals surface area contributed by atoms with Crippen LogP contribution in [0.25, 0.3) is 0 Å². The van der Waals surface area contributed by atoms with Crippen molar-refractivity contribution in [1.82, 2.24) is 20.2 Å². The van der Waals surface area contributed by atoms with Crippen molar-refractivity contribution >= 4 is 29.2 Å². The molecular formula is C30H35ClF6N6O2. The topological polar surface area (TPSA) is 87.4 Å². The fourth-order valence-corrected chi connectivity index (χ4v) is 6.09. The molecule has 45 heavy (non-hydrogen) atoms. The van der Waals surface area contributed by atoms with Gasteiger partial charge in [-0.15, -0.1) is 5.10 Å². The molecule has 1 saturated carbocycles. The molecule has 1 aliphatic carbocycles. The Morgan fingerprint density at radius 3 is 2.04 bits per heavy atom. The number of tetrazole rings is 1. The van der Waals surface area contributed by atoms with Crippen LogP contribution >= 0.6 is 11.6 Å². The molecule has 0 unspecified atom stereocenters. The molecule has 3 aromatic rings. The van der Waals surface area contributed by atoms with Crippen molar-refractivity contribution in [3.05, 3.63) is 63.2 Å². The van der Waals surface area contributed by atoms with Gasteiger partial charge in [0.2, 0.25) is 0 Å². The average Bonchev–Trinajstić information content (AvgIpc) is 3.41. The standard InChI is InChI=1S/C30H35ClF6N6O2/c1-4-20-13-26(42(5-2)15-18-6-8-21(9-7-18)27(44)45)22(12-25(20)31)17-43(28-38-40-41(3)39-28)16-19-10-23(29(32,33)34)14-24(11-19)30(35,36)37/h10-14,18,21H,4-9,15-17H2,1-3H3,(H,44,45). The summed E-state index contributed by atoms with van der Waals surface area (Å²) in [7, 11) is 1.50. The highest BCUT2D eigenvalue weighted by atomic mass is 35.5. The van der Waals surface area contributed by atoms with E-state index in [1.54, 1.807) is 6.07 Å². The highest BCUT2D eigenvalue weighted by molar-refractivity contribution is 6.31. The number of carboxylic acids is 1. The van der Waals surface area contributed by atoms with Crippen LogP contribution in [0.5, 0.6) is 0 Å². The van der Waals surface area contributed by atoms with Gasteiger partial charge in [0.25, 0.3) is 5.95 Å². The van der Waals surface area contributed by atoms with Crippen LogP contribution in [-0.4, -0.2) is 44.4 Å². The first-order valence-corrected chi connectivity index (χ1v) is 15.0. The van der Waals surface area contributed by atoms with Crippen LogP contribution < -0.4 is 9.80 Å². The van der Waals surface area contributed by atoms with E-state index in [4.69, 9.17) is 11.6 Å². The number of rotatable bonds is 11. The van der Waals surface area contributed by atoms with E-state index in [9.17, 15) is 36.2 Å². The quantitative estimate of drug-likeness (QED) is 0.215. The maximum atomic E-state index is 13.6. The molecule has 0 aliphatic heterocycles. The highest BCUT2D eigenvalue weighted by Crippen LogP contribution is 2.38. The Balaban J connectivity index is 1.72. The van der Waals surface area contributed by atoms with Crippen molar-refractivity contribution in [2.45, 2.75) is 71.4 Å². The molecule has 0 spiro atoms. The number of carbonyl (C=O) groups is 1. The largest absolute Gasteiger partial charge is 0.481 e. The summed E-state index contributed by atoms with van der Waals surface area (Å²) in [6, 6.07) is 5.20. The van der Waals surface area contributed by atoms with Gasteiger partial charge in [-0.05, 0) is 97.2 Å². The SMILES string of the molecule is CCc1cc(N(CC)CC2CCC(C(=O)O)CC2)c(CN(Cc2cc(C(F)(F)F)cc(C(F)(F)F)c2)c2nnn(C)n2)cc1Cl. The number of alkyl halides is 6. The Bertz CT molecular complexity index is 1450. The first-order chi connectivity index (χ1) is 21.1. The van der Waals surface area contributed by atoms with E-state index in [1.807, 2.05) is 19.9 Å². The summed E-state index contributed by atoms with van der Waals surface area (Å²) in [5.41, 5.74) is -0.692. The molecule has 1 aliphatic rings. The molecule has 4 rings (SSSR count). The summed E-state index contributed by atoms with van der Waals surface area (Å²) in [4.78, 5) is 16.2. The van der Waals surface area contributed by atoms with Crippen molar-refractivity contribution in [2.75, 3.05) is 22.9 Å². The van der Waals surface area contributed by atoms with Gasteiger partial charge >= 0.3 is 18.3 Å². The first-order valence-electron chi connectivity index (χ1n) is 14.6. The summed E-state index contributed by atoms with van der Waals surface area (Å²) in [6.45, 7) is 4.81. The predicted octanol–water partition coefficient (Wildman–Crippen LogP) is 7.39. The molecule has 0 saturated heterocycles. The first kappa shape index (κ1) is 34.3. The van der Waals surface area contributed by atoms with Crippen molar-refractivity contribution in [2.24, 2.45) is 18.9 Å². The minimum Gasteiger partial charge on any atom is -0.481 e. The maximum absolute atomic E-state index is 13.6. The zero-order valence-electron chi connectivity index (χ0n) is 25.1. The molecule has 0 radical (unpaired) electrons. The number of aromatic nitrogens is 4. The molecule has 2 aromatic carbocycles. The molecule has 246 valence electrons. The lowest BCUT2D eigenvalue weighted by molar-refractivity contribution is -0.144. The van der Waals surface area contributed by atoms with Crippen molar-refractivity contribution in [1.29, 1.82) is 0 Å². The summed E-state index contributed by atoms with van der Waals surface area (Å²) in [5.74, 6) is -0.872. The van der Waals surface area contributed by atoms with E-state index in [0.29, 0.717) is 55.1 Å². The van der Waals surface area contributed by atoms with Crippen molar-refractivity contribution in [3.8, 4) is 0 Å². The third kappa shape index (κ3) is 8.59. The van der Waals surface area contributed by atoms with Gasteiger partial charge in [-0.25, -0.2) is 0 Å². The molecule has 1 aromatic heterocycles. The Hall–Kier alpha value is -3.55. The van der Waals surface area contributed by atoms with Gasteiger partial charge in [-0.2, -0.15) is 31.1 Å². The van der Waals surface area contributed by atoms with E-state index in [-0.39, 0.29) is 42.5 Å². The van der Waals surface area contributed by atoms with Gasteiger partial charge < -0.3 is 14.9 Å². The number of nitrogens with zero attached hydrogens (tertiary/aromatic N) is 6. The zero-order chi connectivity index (χ0) is 33.1. The molecule has 1 heterocycles. The lowest BCUT2D eigenvalue weighted by Crippen LogP contribution is -2.34. The Kier molecular flexibility index (Phi) is 10.6. The van der Waals surface area contributed by atoms with E-state index in [2.05, 4.69) is 20.3 Å². The van der Waals surface area contributed by atoms with Crippen LogP contribution in [0.15, 0.2) is 30.3 Å². The fraction of sp³-hybridized carbons (Fsp3) is 0.533. The molecule has 0 atom stereocenters. The number of hydrogen-bond donors (Lipinski definition) is 1. The summed E-state index contributed by atoms with van der Waals surface area (Å²) < 4.78 is 81.8. The Labute approximate surface area is 261 Å². The third-order valence-corrected chi connectivity index (χ3v) is 8.54. The minimum absolute atomic E-state index is 0.00456. The Morgan fingerprint density at radius 1 is 0.933 bits per heavy atom. The van der Waals surface area contributed by atoms with Crippen molar-refractivity contribution in [3.63, 3.8) is 0 Å². The van der Waals surface area contributed by atoms with Crippen molar-refractivity contribution < 1.29 is 36.2 Å². The normalized spacial score (nSPS) is 17.4. The number of aliphatic carboxylic acids is 1. The minimum atomic E-state index is -4.99. The monoisotopic (exact) mass is 660 g/mol. The number of anilines is 2. The molecule has 0 amide bonds. The maximum Gasteiger partial charge on any atom is 0.416 e. The van der Waals surface area contributed by atoms with Crippen LogP contribution in [0.4, 0.5) is 38.0 Å². The summed E-state index contributed by atoms with van der Waals surface area (Å²) in [6.07, 6.45) is -6.66. The molecule has 1 fully saturated rings. The second-order valence-electron chi connectivity index (χ2n) is 11.4. The van der Waals surface area contributed by atoms with E-state index >= 15 is 0 Å². The Morgan fingerprint density at radius 2 is 1.56 bits per heavy atom. The van der Waals surface area contributed by atoms with Crippen LogP contribution in [0.3, 0.4) is 0 Å². The highest BCUT2D eigenvalue weighted by Gasteiger charge is 2.37. The molecule has 8 nitrogen and oxygen atoms in total. The average molecular weight is 661 g/mol. The van der Waals surface area contributed by atoms with Crippen LogP contribution in [0.1, 0.15) is 67.3 Å². The molecule has 15 heteroatoms. The second kappa shape index (κ2) is 13.8. The van der Waals surface area contributed by atoms with E-state index in [1.165, 1.54) is 11.9 Å². The summed E-state index contributed by atoms with van der Waals surface area (Å²) in [5, 5.41) is 21.9. The van der Waals surface area contributed by atoms with E-state index in [0.717, 1.165) is 28.9 Å². The van der Waals surface area contributed by atoms with E-state index < -0.39 is 29.4 Å². The smallest absolute Gasteiger partial charge is 0.416 e. The van der Waals surface area contributed by atoms with Gasteiger partial charge in [0.15, 0.2) is 0 Å². The lowest BCUT2D eigenvalue weighted by Gasteiger charge is -2.34. The lowest BCUT2D eigenvalue weighted by atomic mass is 9.81. The van der Waals surface area contributed by atoms with Gasteiger partial charge in [0, 0.05) is 36.9 Å². The van der Waals surface area contributed by atoms with Crippen LogP contribution in [-0.2, 0) is 43.7 Å². The fourth-order valence-electron chi connectivity index (χ4n) is 5.77. The van der Waals surface area contributed by atoms with Gasteiger partial charge in [-0.3, -0.25) is 4.79 Å². The number of benzene rings is 2.